The first-order chi connectivity index (χ1) is 7.68. The Kier molecular flexibility index (Phi) is 3.53. The Hall–Kier alpha value is -0.560. The predicted octanol–water partition coefficient (Wildman–Crippen LogP) is 1.84. The van der Waals surface area contributed by atoms with Gasteiger partial charge in [-0.1, -0.05) is 0 Å². The van der Waals surface area contributed by atoms with E-state index < -0.39 is 5.60 Å². The lowest BCUT2D eigenvalue weighted by molar-refractivity contribution is -0.203. The molecule has 16 heavy (non-hydrogen) atoms. The lowest BCUT2D eigenvalue weighted by atomic mass is 9.79. The normalized spacial score (nSPS) is 26.4. The second-order valence-electron chi connectivity index (χ2n) is 4.76. The molecule has 3 nitrogen and oxygen atoms in total. The summed E-state index contributed by atoms with van der Waals surface area (Å²) in [6.45, 7) is 3.22. The van der Waals surface area contributed by atoms with Gasteiger partial charge in [0.15, 0.2) is 5.79 Å². The minimum atomic E-state index is -0.551. The van der Waals surface area contributed by atoms with Gasteiger partial charge in [0.05, 0.1) is 18.8 Å². The summed E-state index contributed by atoms with van der Waals surface area (Å²) < 4.78 is 11.3. The fraction of sp³-hybridized carbons (Fsp3) is 0.846. The van der Waals surface area contributed by atoms with Crippen LogP contribution in [0.3, 0.4) is 0 Å². The van der Waals surface area contributed by atoms with Crippen LogP contribution >= 0.6 is 0 Å². The number of ether oxygens (including phenoxy) is 2. The zero-order valence-electron chi connectivity index (χ0n) is 9.92. The van der Waals surface area contributed by atoms with Crippen molar-refractivity contribution in [3.05, 3.63) is 0 Å². The van der Waals surface area contributed by atoms with Crippen LogP contribution in [0.5, 0.6) is 0 Å². The molecule has 1 saturated carbocycles. The van der Waals surface area contributed by atoms with Crippen molar-refractivity contribution < 1.29 is 14.6 Å². The molecule has 0 bridgehead atoms. The third-order valence-corrected chi connectivity index (χ3v) is 3.65. The smallest absolute Gasteiger partial charge is 0.168 e. The highest BCUT2D eigenvalue weighted by molar-refractivity contribution is 4.99. The van der Waals surface area contributed by atoms with E-state index in [4.69, 9.17) is 9.47 Å². The van der Waals surface area contributed by atoms with Gasteiger partial charge < -0.3 is 14.6 Å². The molecule has 1 heterocycles. The Morgan fingerprint density at radius 2 is 1.75 bits per heavy atom. The summed E-state index contributed by atoms with van der Waals surface area (Å²) in [5.74, 6) is 5.50. The number of rotatable bonds is 2. The average molecular weight is 224 g/mol. The maximum absolute atomic E-state index is 10.4. The molecule has 0 radical (unpaired) electrons. The number of aliphatic hydroxyl groups is 1. The van der Waals surface area contributed by atoms with Crippen molar-refractivity contribution in [3.63, 3.8) is 0 Å². The van der Waals surface area contributed by atoms with Gasteiger partial charge in [0.25, 0.3) is 0 Å². The van der Waals surface area contributed by atoms with E-state index in [-0.39, 0.29) is 5.79 Å². The Bertz CT molecular complexity index is 284. The van der Waals surface area contributed by atoms with E-state index in [9.17, 15) is 5.11 Å². The zero-order chi connectivity index (χ0) is 11.5. The minimum absolute atomic E-state index is 0.372. The van der Waals surface area contributed by atoms with Gasteiger partial charge in [-0.15, -0.1) is 11.8 Å². The molecule has 1 N–H and O–H groups in total. The molecule has 1 spiro atoms. The van der Waals surface area contributed by atoms with E-state index in [0.29, 0.717) is 13.2 Å². The molecule has 0 atom stereocenters. The Labute approximate surface area is 97.1 Å². The molecule has 90 valence electrons. The van der Waals surface area contributed by atoms with Crippen LogP contribution in [0.4, 0.5) is 0 Å². The summed E-state index contributed by atoms with van der Waals surface area (Å²) >= 11 is 0. The standard InChI is InChI=1S/C13H20O3/c1-2-3-4-5-12(14)6-8-13(9-7-12)15-10-11-16-13/h14H,4-11H2,1H3. The average Bonchev–Trinajstić information content (AvgIpc) is 2.73. The Balaban J connectivity index is 1.84. The van der Waals surface area contributed by atoms with Gasteiger partial charge in [-0.05, 0) is 26.2 Å². The van der Waals surface area contributed by atoms with E-state index in [2.05, 4.69) is 11.8 Å². The van der Waals surface area contributed by atoms with Crippen molar-refractivity contribution >= 4 is 0 Å². The summed E-state index contributed by atoms with van der Waals surface area (Å²) in [4.78, 5) is 0. The molecule has 2 rings (SSSR count). The molecule has 0 aromatic carbocycles. The molecule has 1 aliphatic heterocycles. The van der Waals surface area contributed by atoms with Gasteiger partial charge in [-0.2, -0.15) is 0 Å². The van der Waals surface area contributed by atoms with Crippen LogP contribution in [-0.4, -0.2) is 29.7 Å². The number of hydrogen-bond acceptors (Lipinski definition) is 3. The minimum Gasteiger partial charge on any atom is -0.390 e. The van der Waals surface area contributed by atoms with Gasteiger partial charge >= 0.3 is 0 Å². The summed E-state index contributed by atoms with van der Waals surface area (Å²) in [7, 11) is 0. The maximum atomic E-state index is 10.4. The molecular formula is C13H20O3. The summed E-state index contributed by atoms with van der Waals surface area (Å²) in [6, 6.07) is 0. The van der Waals surface area contributed by atoms with Crippen molar-refractivity contribution in [2.24, 2.45) is 0 Å². The maximum Gasteiger partial charge on any atom is 0.168 e. The lowest BCUT2D eigenvalue weighted by Gasteiger charge is -2.40. The molecule has 2 aliphatic rings. The fourth-order valence-corrected chi connectivity index (χ4v) is 2.55. The monoisotopic (exact) mass is 224 g/mol. The molecule has 0 amide bonds. The summed E-state index contributed by atoms with van der Waals surface area (Å²) in [5.41, 5.74) is -0.551. The van der Waals surface area contributed by atoms with E-state index in [1.807, 2.05) is 6.92 Å². The van der Waals surface area contributed by atoms with E-state index in [1.54, 1.807) is 0 Å². The molecule has 3 heteroatoms. The second-order valence-corrected chi connectivity index (χ2v) is 4.76. The Morgan fingerprint density at radius 3 is 2.31 bits per heavy atom. The van der Waals surface area contributed by atoms with Gasteiger partial charge in [0, 0.05) is 19.3 Å². The zero-order valence-corrected chi connectivity index (χ0v) is 9.92. The quantitative estimate of drug-likeness (QED) is 0.727. The first-order valence-corrected chi connectivity index (χ1v) is 6.08. The highest BCUT2D eigenvalue weighted by atomic mass is 16.7. The van der Waals surface area contributed by atoms with Crippen LogP contribution in [0.25, 0.3) is 0 Å². The molecule has 0 aromatic heterocycles. The van der Waals surface area contributed by atoms with E-state index >= 15 is 0 Å². The summed E-state index contributed by atoms with van der Waals surface area (Å²) in [5, 5.41) is 10.4. The van der Waals surface area contributed by atoms with Crippen molar-refractivity contribution in [2.45, 2.75) is 56.8 Å². The topological polar surface area (TPSA) is 38.7 Å². The van der Waals surface area contributed by atoms with Crippen molar-refractivity contribution in [1.29, 1.82) is 0 Å². The van der Waals surface area contributed by atoms with Crippen LogP contribution < -0.4 is 0 Å². The van der Waals surface area contributed by atoms with Crippen LogP contribution in [-0.2, 0) is 9.47 Å². The third-order valence-electron chi connectivity index (χ3n) is 3.65. The van der Waals surface area contributed by atoms with Crippen LogP contribution in [0, 0.1) is 11.8 Å². The van der Waals surface area contributed by atoms with Gasteiger partial charge in [0.1, 0.15) is 0 Å². The molecule has 1 saturated heterocycles. The highest BCUT2D eigenvalue weighted by Crippen LogP contribution is 2.41. The van der Waals surface area contributed by atoms with E-state index in [1.165, 1.54) is 0 Å². The van der Waals surface area contributed by atoms with Crippen LogP contribution in [0.15, 0.2) is 0 Å². The lowest BCUT2D eigenvalue weighted by Crippen LogP contribution is -2.43. The SMILES string of the molecule is CC#CCCC1(O)CCC2(CC1)OCCO2. The summed E-state index contributed by atoms with van der Waals surface area (Å²) in [6.07, 6.45) is 4.69. The van der Waals surface area contributed by atoms with Gasteiger partial charge in [-0.25, -0.2) is 0 Å². The van der Waals surface area contributed by atoms with Crippen LogP contribution in [0.2, 0.25) is 0 Å². The highest BCUT2D eigenvalue weighted by Gasteiger charge is 2.45. The third kappa shape index (κ3) is 2.57. The van der Waals surface area contributed by atoms with E-state index in [0.717, 1.165) is 38.5 Å². The molecule has 0 unspecified atom stereocenters. The molecule has 0 aromatic rings. The van der Waals surface area contributed by atoms with Crippen LogP contribution in [0.1, 0.15) is 45.4 Å². The second kappa shape index (κ2) is 4.75. The first-order valence-electron chi connectivity index (χ1n) is 6.08. The van der Waals surface area contributed by atoms with Gasteiger partial charge in [0.2, 0.25) is 0 Å². The largest absolute Gasteiger partial charge is 0.390 e. The Morgan fingerprint density at radius 1 is 1.12 bits per heavy atom. The fourth-order valence-electron chi connectivity index (χ4n) is 2.55. The van der Waals surface area contributed by atoms with Crippen molar-refractivity contribution in [3.8, 4) is 11.8 Å². The first kappa shape index (κ1) is 11.9. The van der Waals surface area contributed by atoms with Crippen molar-refractivity contribution in [1.82, 2.24) is 0 Å². The molecule has 1 aliphatic carbocycles. The number of hydrogen-bond donors (Lipinski definition) is 1. The molecular weight excluding hydrogens is 204 g/mol. The predicted molar refractivity (Wildman–Crippen MR) is 60.7 cm³/mol. The molecule has 2 fully saturated rings. The van der Waals surface area contributed by atoms with Gasteiger partial charge in [-0.3, -0.25) is 0 Å². The van der Waals surface area contributed by atoms with Crippen molar-refractivity contribution in [2.75, 3.05) is 13.2 Å².